The molecular formula is C23H23ClN2O3. The maximum absolute atomic E-state index is 12.8. The fourth-order valence-corrected chi connectivity index (χ4v) is 3.34. The number of hydrogen-bond acceptors (Lipinski definition) is 3. The van der Waals surface area contributed by atoms with Crippen LogP contribution in [-0.4, -0.2) is 17.6 Å². The Balaban J connectivity index is 1.82. The number of benzene rings is 2. The first kappa shape index (κ1) is 20.7. The number of carbonyl (C=O) groups excluding carboxylic acids is 1. The van der Waals surface area contributed by atoms with Gasteiger partial charge in [-0.05, 0) is 37.6 Å². The van der Waals surface area contributed by atoms with E-state index in [-0.39, 0.29) is 17.5 Å². The SMILES string of the molecule is COc1ccc(C)cc1C(C)NC(=O)c1ccc(=O)n(Cc2ccccc2Cl)c1. The van der Waals surface area contributed by atoms with Crippen LogP contribution in [0.3, 0.4) is 0 Å². The summed E-state index contributed by atoms with van der Waals surface area (Å²) in [6.45, 7) is 4.18. The van der Waals surface area contributed by atoms with Crippen LogP contribution in [0, 0.1) is 6.92 Å². The normalized spacial score (nSPS) is 11.7. The molecule has 0 radical (unpaired) electrons. The van der Waals surface area contributed by atoms with Gasteiger partial charge >= 0.3 is 0 Å². The Kier molecular flexibility index (Phi) is 6.39. The summed E-state index contributed by atoms with van der Waals surface area (Å²) in [4.78, 5) is 25.0. The van der Waals surface area contributed by atoms with Crippen LogP contribution in [0.2, 0.25) is 5.02 Å². The molecule has 1 amide bonds. The van der Waals surface area contributed by atoms with E-state index in [0.29, 0.717) is 22.9 Å². The lowest BCUT2D eigenvalue weighted by atomic mass is 10.0. The van der Waals surface area contributed by atoms with Crippen molar-refractivity contribution < 1.29 is 9.53 Å². The van der Waals surface area contributed by atoms with Gasteiger partial charge in [0.05, 0.1) is 25.3 Å². The summed E-state index contributed by atoms with van der Waals surface area (Å²) in [5.74, 6) is 0.445. The summed E-state index contributed by atoms with van der Waals surface area (Å²) in [5.41, 5.74) is 2.98. The van der Waals surface area contributed by atoms with Gasteiger partial charge in [-0.1, -0.05) is 47.5 Å². The van der Waals surface area contributed by atoms with Crippen molar-refractivity contribution >= 4 is 17.5 Å². The minimum atomic E-state index is -0.269. The van der Waals surface area contributed by atoms with Gasteiger partial charge in [0.15, 0.2) is 0 Å². The van der Waals surface area contributed by atoms with Gasteiger partial charge in [0.1, 0.15) is 5.75 Å². The van der Waals surface area contributed by atoms with Crippen LogP contribution in [0.4, 0.5) is 0 Å². The Hall–Kier alpha value is -3.05. The Morgan fingerprint density at radius 1 is 1.17 bits per heavy atom. The predicted molar refractivity (Wildman–Crippen MR) is 115 cm³/mol. The van der Waals surface area contributed by atoms with E-state index in [9.17, 15) is 9.59 Å². The van der Waals surface area contributed by atoms with Crippen molar-refractivity contribution in [1.29, 1.82) is 0 Å². The first-order chi connectivity index (χ1) is 13.9. The summed E-state index contributed by atoms with van der Waals surface area (Å²) in [7, 11) is 1.60. The third kappa shape index (κ3) is 4.87. The third-order valence-electron chi connectivity index (χ3n) is 4.74. The number of methoxy groups -OCH3 is 1. The Bertz CT molecular complexity index is 1090. The zero-order chi connectivity index (χ0) is 21.0. The fourth-order valence-electron chi connectivity index (χ4n) is 3.15. The van der Waals surface area contributed by atoms with Crippen LogP contribution in [0.15, 0.2) is 65.6 Å². The smallest absolute Gasteiger partial charge is 0.253 e. The second-order valence-corrected chi connectivity index (χ2v) is 7.32. The number of nitrogens with zero attached hydrogens (tertiary/aromatic N) is 1. The van der Waals surface area contributed by atoms with E-state index in [4.69, 9.17) is 16.3 Å². The highest BCUT2D eigenvalue weighted by Crippen LogP contribution is 2.26. The van der Waals surface area contributed by atoms with E-state index in [2.05, 4.69) is 5.32 Å². The number of rotatable bonds is 6. The number of aryl methyl sites for hydroxylation is 1. The maximum Gasteiger partial charge on any atom is 0.253 e. The second-order valence-electron chi connectivity index (χ2n) is 6.92. The van der Waals surface area contributed by atoms with E-state index >= 15 is 0 Å². The van der Waals surface area contributed by atoms with Crippen LogP contribution < -0.4 is 15.6 Å². The summed E-state index contributed by atoms with van der Waals surface area (Å²) in [6.07, 6.45) is 1.56. The Labute approximate surface area is 174 Å². The van der Waals surface area contributed by atoms with Crippen LogP contribution >= 0.6 is 11.6 Å². The predicted octanol–water partition coefficient (Wildman–Crippen LogP) is 4.36. The van der Waals surface area contributed by atoms with Crippen LogP contribution in [0.5, 0.6) is 5.75 Å². The Morgan fingerprint density at radius 2 is 1.93 bits per heavy atom. The second kappa shape index (κ2) is 8.97. The van der Waals surface area contributed by atoms with Gasteiger partial charge in [-0.2, -0.15) is 0 Å². The first-order valence-corrected chi connectivity index (χ1v) is 9.66. The summed E-state index contributed by atoms with van der Waals surface area (Å²) in [6, 6.07) is 15.8. The van der Waals surface area contributed by atoms with E-state index < -0.39 is 0 Å². The molecule has 150 valence electrons. The molecule has 2 aromatic carbocycles. The molecule has 29 heavy (non-hydrogen) atoms. The van der Waals surface area contributed by atoms with Crippen molar-refractivity contribution in [2.75, 3.05) is 7.11 Å². The molecule has 1 N–H and O–H groups in total. The van der Waals surface area contributed by atoms with Crippen LogP contribution in [0.25, 0.3) is 0 Å². The molecule has 0 saturated heterocycles. The molecule has 0 saturated carbocycles. The number of amides is 1. The molecule has 6 heteroatoms. The van der Waals surface area contributed by atoms with Crippen molar-refractivity contribution in [3.05, 3.63) is 98.4 Å². The lowest BCUT2D eigenvalue weighted by Gasteiger charge is -2.18. The van der Waals surface area contributed by atoms with E-state index in [1.54, 1.807) is 19.4 Å². The topological polar surface area (TPSA) is 60.3 Å². The Morgan fingerprint density at radius 3 is 2.66 bits per heavy atom. The van der Waals surface area contributed by atoms with Crippen molar-refractivity contribution in [2.24, 2.45) is 0 Å². The number of pyridine rings is 1. The van der Waals surface area contributed by atoms with Gasteiger partial charge in [0.25, 0.3) is 11.5 Å². The molecule has 5 nitrogen and oxygen atoms in total. The zero-order valence-electron chi connectivity index (χ0n) is 16.6. The van der Waals surface area contributed by atoms with Gasteiger partial charge in [-0.15, -0.1) is 0 Å². The molecule has 0 aliphatic heterocycles. The highest BCUT2D eigenvalue weighted by molar-refractivity contribution is 6.31. The molecule has 0 aliphatic rings. The monoisotopic (exact) mass is 410 g/mol. The number of aromatic nitrogens is 1. The van der Waals surface area contributed by atoms with Gasteiger partial charge < -0.3 is 14.6 Å². The molecule has 1 unspecified atom stereocenters. The quantitative estimate of drug-likeness (QED) is 0.656. The largest absolute Gasteiger partial charge is 0.496 e. The average molecular weight is 411 g/mol. The van der Waals surface area contributed by atoms with E-state index in [1.165, 1.54) is 16.7 Å². The summed E-state index contributed by atoms with van der Waals surface area (Å²) < 4.78 is 6.89. The van der Waals surface area contributed by atoms with Gasteiger partial charge in [0.2, 0.25) is 0 Å². The molecule has 1 atom stereocenters. The zero-order valence-corrected chi connectivity index (χ0v) is 17.4. The van der Waals surface area contributed by atoms with Gasteiger partial charge in [0, 0.05) is 22.8 Å². The van der Waals surface area contributed by atoms with Gasteiger partial charge in [-0.25, -0.2) is 0 Å². The number of hydrogen-bond donors (Lipinski definition) is 1. The molecule has 3 rings (SSSR count). The number of carbonyl (C=O) groups is 1. The molecule has 0 bridgehead atoms. The molecule has 1 aromatic heterocycles. The number of halogens is 1. The fraction of sp³-hybridized carbons (Fsp3) is 0.217. The number of ether oxygens (including phenoxy) is 1. The van der Waals surface area contributed by atoms with Crippen molar-refractivity contribution in [1.82, 2.24) is 9.88 Å². The van der Waals surface area contributed by atoms with E-state index in [1.807, 2.05) is 50.2 Å². The molecule has 3 aromatic rings. The number of nitrogens with one attached hydrogen (secondary N) is 1. The van der Waals surface area contributed by atoms with Crippen LogP contribution in [-0.2, 0) is 6.54 Å². The minimum absolute atomic E-state index is 0.199. The highest BCUT2D eigenvalue weighted by Gasteiger charge is 2.16. The molecule has 0 aliphatic carbocycles. The molecule has 0 fully saturated rings. The molecule has 1 heterocycles. The van der Waals surface area contributed by atoms with Crippen molar-refractivity contribution in [2.45, 2.75) is 26.4 Å². The average Bonchev–Trinajstić information content (AvgIpc) is 2.71. The lowest BCUT2D eigenvalue weighted by Crippen LogP contribution is -2.29. The summed E-state index contributed by atoms with van der Waals surface area (Å²) >= 11 is 6.20. The third-order valence-corrected chi connectivity index (χ3v) is 5.11. The van der Waals surface area contributed by atoms with Gasteiger partial charge in [-0.3, -0.25) is 9.59 Å². The highest BCUT2D eigenvalue weighted by atomic mass is 35.5. The molecular weight excluding hydrogens is 388 g/mol. The minimum Gasteiger partial charge on any atom is -0.496 e. The first-order valence-electron chi connectivity index (χ1n) is 9.28. The summed E-state index contributed by atoms with van der Waals surface area (Å²) in [5, 5.41) is 3.55. The van der Waals surface area contributed by atoms with Crippen molar-refractivity contribution in [3.63, 3.8) is 0 Å². The molecule has 0 spiro atoms. The van der Waals surface area contributed by atoms with E-state index in [0.717, 1.165) is 16.7 Å². The van der Waals surface area contributed by atoms with Crippen molar-refractivity contribution in [3.8, 4) is 5.75 Å². The maximum atomic E-state index is 12.8. The van der Waals surface area contributed by atoms with Crippen LogP contribution in [0.1, 0.15) is 40.0 Å². The standard InChI is InChI=1S/C23H23ClN2O3/c1-15-8-10-21(29-3)19(12-15)16(2)25-23(28)18-9-11-22(27)26(14-18)13-17-6-4-5-7-20(17)24/h4-12,14,16H,13H2,1-3H3,(H,25,28). The lowest BCUT2D eigenvalue weighted by molar-refractivity contribution is 0.0938.